The molecule has 0 spiro atoms. The van der Waals surface area contributed by atoms with Gasteiger partial charge in [0.1, 0.15) is 5.82 Å². The summed E-state index contributed by atoms with van der Waals surface area (Å²) in [5.41, 5.74) is 1.17. The van der Waals surface area contributed by atoms with E-state index in [0.29, 0.717) is 3.57 Å². The maximum atomic E-state index is 12.7. The Kier molecular flexibility index (Phi) is 3.51. The lowest BCUT2D eigenvalue weighted by Crippen LogP contribution is -1.87. The zero-order valence-corrected chi connectivity index (χ0v) is 9.06. The van der Waals surface area contributed by atoms with Gasteiger partial charge < -0.3 is 0 Å². The van der Waals surface area contributed by atoms with E-state index in [4.69, 9.17) is 0 Å². The summed E-state index contributed by atoms with van der Waals surface area (Å²) < 4.78 is 13.4. The van der Waals surface area contributed by atoms with Gasteiger partial charge in [0, 0.05) is 13.8 Å². The van der Waals surface area contributed by atoms with E-state index in [1.807, 2.05) is 34.7 Å². The van der Waals surface area contributed by atoms with Gasteiger partial charge in [0.05, 0.1) is 0 Å². The summed E-state index contributed by atoms with van der Waals surface area (Å²) in [5, 5.41) is 0. The zero-order valence-electron chi connectivity index (χ0n) is 5.90. The fourth-order valence-electron chi connectivity index (χ4n) is 0.839. The Bertz CT molecular complexity index is 250. The minimum absolute atomic E-state index is 0.136. The summed E-state index contributed by atoms with van der Waals surface area (Å²) in [6.07, 6.45) is 0.952. The van der Waals surface area contributed by atoms with Crippen molar-refractivity contribution in [3.63, 3.8) is 0 Å². The molecule has 0 aliphatic heterocycles. The SMILES string of the molecule is Fc1ccc(CC[Si])cc1I. The van der Waals surface area contributed by atoms with Crippen LogP contribution in [0.15, 0.2) is 18.2 Å². The van der Waals surface area contributed by atoms with Gasteiger partial charge in [-0.05, 0) is 46.7 Å². The van der Waals surface area contributed by atoms with Gasteiger partial charge in [0.25, 0.3) is 0 Å². The molecule has 0 bridgehead atoms. The molecule has 0 fully saturated rings. The molecule has 1 rings (SSSR count). The lowest BCUT2D eigenvalue weighted by atomic mass is 10.2. The first-order valence-electron chi connectivity index (χ1n) is 3.32. The molecular weight excluding hydrogens is 270 g/mol. The van der Waals surface area contributed by atoms with E-state index in [9.17, 15) is 4.39 Å². The van der Waals surface area contributed by atoms with Gasteiger partial charge in [-0.2, -0.15) is 0 Å². The quantitative estimate of drug-likeness (QED) is 0.575. The molecule has 0 N–H and O–H groups in total. The molecule has 3 radical (unpaired) electrons. The normalized spacial score (nSPS) is 10.1. The molecule has 0 saturated carbocycles. The van der Waals surface area contributed by atoms with Crippen molar-refractivity contribution in [1.82, 2.24) is 0 Å². The molecule has 0 aliphatic carbocycles. The van der Waals surface area contributed by atoms with Crippen LogP contribution in [0, 0.1) is 9.39 Å². The Labute approximate surface area is 82.8 Å². The summed E-state index contributed by atoms with van der Waals surface area (Å²) in [4.78, 5) is 0. The molecule has 0 amide bonds. The van der Waals surface area contributed by atoms with E-state index in [2.05, 4.69) is 10.2 Å². The van der Waals surface area contributed by atoms with Gasteiger partial charge >= 0.3 is 0 Å². The summed E-state index contributed by atoms with van der Waals surface area (Å²) in [6, 6.07) is 6.12. The minimum Gasteiger partial charge on any atom is -0.206 e. The fraction of sp³-hybridized carbons (Fsp3) is 0.250. The first-order valence-corrected chi connectivity index (χ1v) is 5.11. The van der Waals surface area contributed by atoms with Gasteiger partial charge in [0.2, 0.25) is 0 Å². The third kappa shape index (κ3) is 2.55. The average Bonchev–Trinajstić information content (AvgIpc) is 1.98. The van der Waals surface area contributed by atoms with Crippen LogP contribution in [0.3, 0.4) is 0 Å². The van der Waals surface area contributed by atoms with Crippen molar-refractivity contribution in [2.24, 2.45) is 0 Å². The van der Waals surface area contributed by atoms with Crippen LogP contribution in [0.1, 0.15) is 5.56 Å². The van der Waals surface area contributed by atoms with Crippen LogP contribution in [-0.2, 0) is 6.42 Å². The second-order valence-electron chi connectivity index (χ2n) is 2.25. The van der Waals surface area contributed by atoms with Gasteiger partial charge in [-0.25, -0.2) is 4.39 Å². The first-order chi connectivity index (χ1) is 5.24. The maximum Gasteiger partial charge on any atom is 0.136 e. The fourth-order valence-corrected chi connectivity index (χ4v) is 1.71. The Morgan fingerprint density at radius 1 is 1.45 bits per heavy atom. The predicted molar refractivity (Wildman–Crippen MR) is 53.4 cm³/mol. The van der Waals surface area contributed by atoms with Crippen molar-refractivity contribution in [3.8, 4) is 0 Å². The van der Waals surface area contributed by atoms with Crippen molar-refractivity contribution >= 4 is 32.8 Å². The number of aryl methyl sites for hydroxylation is 1. The summed E-state index contributed by atoms with van der Waals surface area (Å²) in [7, 11) is 3.38. The van der Waals surface area contributed by atoms with E-state index in [-0.39, 0.29) is 5.82 Å². The third-order valence-corrected chi connectivity index (χ3v) is 2.47. The van der Waals surface area contributed by atoms with Crippen molar-refractivity contribution in [2.45, 2.75) is 12.5 Å². The van der Waals surface area contributed by atoms with Gasteiger partial charge in [0.15, 0.2) is 0 Å². The molecule has 1 aromatic carbocycles. The lowest BCUT2D eigenvalue weighted by Gasteiger charge is -1.99. The standard InChI is InChI=1S/C8H7FISi/c9-7-2-1-6(3-4-11)5-8(7)10/h1-2,5H,3-4H2. The van der Waals surface area contributed by atoms with E-state index < -0.39 is 0 Å². The van der Waals surface area contributed by atoms with E-state index in [1.165, 1.54) is 11.6 Å². The molecule has 0 unspecified atom stereocenters. The number of hydrogen-bond acceptors (Lipinski definition) is 0. The van der Waals surface area contributed by atoms with Crippen LogP contribution in [0.5, 0.6) is 0 Å². The van der Waals surface area contributed by atoms with Crippen molar-refractivity contribution in [2.75, 3.05) is 0 Å². The van der Waals surface area contributed by atoms with Crippen LogP contribution in [-0.4, -0.2) is 10.2 Å². The van der Waals surface area contributed by atoms with Gasteiger partial charge in [-0.1, -0.05) is 12.1 Å². The van der Waals surface area contributed by atoms with Gasteiger partial charge in [-0.15, -0.1) is 0 Å². The van der Waals surface area contributed by atoms with E-state index >= 15 is 0 Å². The first kappa shape index (κ1) is 9.19. The van der Waals surface area contributed by atoms with Crippen LogP contribution in [0.4, 0.5) is 4.39 Å². The lowest BCUT2D eigenvalue weighted by molar-refractivity contribution is 0.619. The highest BCUT2D eigenvalue weighted by Gasteiger charge is 1.98. The predicted octanol–water partition coefficient (Wildman–Crippen LogP) is 2.56. The second kappa shape index (κ2) is 4.20. The smallest absolute Gasteiger partial charge is 0.136 e. The van der Waals surface area contributed by atoms with Crippen molar-refractivity contribution in [1.29, 1.82) is 0 Å². The third-order valence-electron chi connectivity index (χ3n) is 1.40. The maximum absolute atomic E-state index is 12.7. The summed E-state index contributed by atoms with van der Waals surface area (Å²) in [6.45, 7) is 0. The molecular formula is C8H7FISi. The number of halogens is 2. The molecule has 57 valence electrons. The van der Waals surface area contributed by atoms with E-state index in [1.54, 1.807) is 0 Å². The molecule has 0 heterocycles. The molecule has 0 aliphatic rings. The van der Waals surface area contributed by atoms with Crippen molar-refractivity contribution < 1.29 is 4.39 Å². The van der Waals surface area contributed by atoms with Crippen LogP contribution < -0.4 is 0 Å². The van der Waals surface area contributed by atoms with Crippen LogP contribution in [0.2, 0.25) is 6.04 Å². The van der Waals surface area contributed by atoms with Gasteiger partial charge in [-0.3, -0.25) is 0 Å². The van der Waals surface area contributed by atoms with E-state index in [0.717, 1.165) is 12.5 Å². The molecule has 3 heteroatoms. The average molecular weight is 277 g/mol. The highest BCUT2D eigenvalue weighted by atomic mass is 127. The molecule has 11 heavy (non-hydrogen) atoms. The van der Waals surface area contributed by atoms with Crippen LogP contribution in [0.25, 0.3) is 0 Å². The molecule has 0 nitrogen and oxygen atoms in total. The number of benzene rings is 1. The molecule has 0 saturated heterocycles. The highest BCUT2D eigenvalue weighted by molar-refractivity contribution is 14.1. The number of rotatable bonds is 2. The Hall–Kier alpha value is 0.0969. The molecule has 0 aromatic heterocycles. The Morgan fingerprint density at radius 2 is 2.18 bits per heavy atom. The summed E-state index contributed by atoms with van der Waals surface area (Å²) >= 11 is 2.00. The monoisotopic (exact) mass is 277 g/mol. The largest absolute Gasteiger partial charge is 0.206 e. The Morgan fingerprint density at radius 3 is 2.73 bits per heavy atom. The zero-order chi connectivity index (χ0) is 8.27. The minimum atomic E-state index is -0.136. The molecule has 1 aromatic rings. The molecule has 0 atom stereocenters. The summed E-state index contributed by atoms with van der Waals surface area (Å²) in [5.74, 6) is -0.136. The topological polar surface area (TPSA) is 0 Å². The number of hydrogen-bond donors (Lipinski definition) is 0. The highest BCUT2D eigenvalue weighted by Crippen LogP contribution is 2.13. The Balaban J connectivity index is 2.86. The van der Waals surface area contributed by atoms with Crippen molar-refractivity contribution in [3.05, 3.63) is 33.1 Å². The second-order valence-corrected chi connectivity index (χ2v) is 3.91. The van der Waals surface area contributed by atoms with Crippen LogP contribution >= 0.6 is 22.6 Å².